The predicted octanol–water partition coefficient (Wildman–Crippen LogP) is 0.937. The molecule has 0 aliphatic carbocycles. The number of rotatable bonds is 5. The molecule has 9 nitrogen and oxygen atoms in total. The molecule has 29 heavy (non-hydrogen) atoms. The van der Waals surface area contributed by atoms with Crippen molar-refractivity contribution in [3.63, 3.8) is 0 Å². The molecule has 0 radical (unpaired) electrons. The number of aromatic nitrogens is 5. The minimum absolute atomic E-state index is 0.0881. The fraction of sp³-hybridized carbons (Fsp3) is 0.650. The maximum atomic E-state index is 12.2. The van der Waals surface area contributed by atoms with Crippen molar-refractivity contribution in [3.05, 3.63) is 35.1 Å². The molecule has 2 aromatic rings. The standard InChI is InChI=1S/C20H29N7O2/c1-24-17(4-2-3-5-19(24)28)13-25-10-8-16(9-11-25)12-26-20(29)7-6-18(23-26)27-15-21-14-22-27/h6-7,14-17H,2-5,8-13H2,1H3. The fourth-order valence-electron chi connectivity index (χ4n) is 4.36. The Balaban J connectivity index is 1.33. The van der Waals surface area contributed by atoms with Crippen LogP contribution in [0.5, 0.6) is 0 Å². The van der Waals surface area contributed by atoms with Crippen LogP contribution in [0.1, 0.15) is 38.5 Å². The molecule has 2 saturated heterocycles. The second kappa shape index (κ2) is 8.86. The zero-order chi connectivity index (χ0) is 20.2. The van der Waals surface area contributed by atoms with Crippen LogP contribution in [0.4, 0.5) is 0 Å². The zero-order valence-corrected chi connectivity index (χ0v) is 17.0. The highest BCUT2D eigenvalue weighted by Gasteiger charge is 2.27. The van der Waals surface area contributed by atoms with Crippen molar-refractivity contribution in [1.29, 1.82) is 0 Å². The third-order valence-corrected chi connectivity index (χ3v) is 6.23. The Labute approximate surface area is 170 Å². The summed E-state index contributed by atoms with van der Waals surface area (Å²) in [6.07, 6.45) is 9.02. The predicted molar refractivity (Wildman–Crippen MR) is 108 cm³/mol. The molecule has 1 amide bonds. The second-order valence-corrected chi connectivity index (χ2v) is 8.20. The van der Waals surface area contributed by atoms with E-state index in [2.05, 4.69) is 20.1 Å². The van der Waals surface area contributed by atoms with Crippen molar-refractivity contribution in [2.45, 2.75) is 51.1 Å². The third-order valence-electron chi connectivity index (χ3n) is 6.23. The minimum Gasteiger partial charge on any atom is -0.341 e. The quantitative estimate of drug-likeness (QED) is 0.743. The van der Waals surface area contributed by atoms with E-state index in [0.29, 0.717) is 30.7 Å². The van der Waals surface area contributed by atoms with Crippen molar-refractivity contribution in [2.75, 3.05) is 26.7 Å². The number of amides is 1. The molecule has 4 rings (SSSR count). The highest BCUT2D eigenvalue weighted by atomic mass is 16.2. The summed E-state index contributed by atoms with van der Waals surface area (Å²) in [6, 6.07) is 3.53. The average molecular weight is 399 g/mol. The smallest absolute Gasteiger partial charge is 0.266 e. The molecule has 2 aliphatic heterocycles. The van der Waals surface area contributed by atoms with E-state index in [9.17, 15) is 9.59 Å². The Morgan fingerprint density at radius 3 is 2.66 bits per heavy atom. The normalized spacial score (nSPS) is 22.0. The maximum Gasteiger partial charge on any atom is 0.266 e. The fourth-order valence-corrected chi connectivity index (χ4v) is 4.36. The number of hydrogen-bond acceptors (Lipinski definition) is 6. The molecule has 2 fully saturated rings. The lowest BCUT2D eigenvalue weighted by molar-refractivity contribution is -0.131. The van der Waals surface area contributed by atoms with Gasteiger partial charge in [-0.05, 0) is 50.8 Å². The van der Waals surface area contributed by atoms with Crippen molar-refractivity contribution >= 4 is 5.91 Å². The van der Waals surface area contributed by atoms with E-state index in [-0.39, 0.29) is 11.5 Å². The van der Waals surface area contributed by atoms with Crippen LogP contribution < -0.4 is 5.56 Å². The van der Waals surface area contributed by atoms with Gasteiger partial charge >= 0.3 is 0 Å². The monoisotopic (exact) mass is 399 g/mol. The van der Waals surface area contributed by atoms with E-state index in [1.807, 2.05) is 11.9 Å². The second-order valence-electron chi connectivity index (χ2n) is 8.20. The van der Waals surface area contributed by atoms with Gasteiger partial charge in [-0.2, -0.15) is 5.10 Å². The van der Waals surface area contributed by atoms with Crippen LogP contribution >= 0.6 is 0 Å². The molecule has 156 valence electrons. The summed E-state index contributed by atoms with van der Waals surface area (Å²) in [6.45, 7) is 3.58. The SMILES string of the molecule is CN1C(=O)CCCCC1CN1CCC(Cn2nc(-n3cncn3)ccc2=O)CC1. The Hall–Kier alpha value is -2.55. The lowest BCUT2D eigenvalue weighted by Crippen LogP contribution is -2.46. The van der Waals surface area contributed by atoms with E-state index < -0.39 is 0 Å². The lowest BCUT2D eigenvalue weighted by atomic mass is 9.96. The third kappa shape index (κ3) is 4.72. The molecule has 0 saturated carbocycles. The molecule has 0 N–H and O–H groups in total. The molecule has 0 bridgehead atoms. The Morgan fingerprint density at radius 2 is 1.90 bits per heavy atom. The zero-order valence-electron chi connectivity index (χ0n) is 17.0. The van der Waals surface area contributed by atoms with Gasteiger partial charge in [-0.1, -0.05) is 6.42 Å². The molecular weight excluding hydrogens is 370 g/mol. The van der Waals surface area contributed by atoms with Crippen LogP contribution in [-0.4, -0.2) is 73.0 Å². The first kappa shape index (κ1) is 19.8. The van der Waals surface area contributed by atoms with E-state index in [4.69, 9.17) is 0 Å². The minimum atomic E-state index is -0.0881. The van der Waals surface area contributed by atoms with Crippen molar-refractivity contribution in [2.24, 2.45) is 5.92 Å². The van der Waals surface area contributed by atoms with Gasteiger partial charge in [-0.3, -0.25) is 9.59 Å². The van der Waals surface area contributed by atoms with Gasteiger partial charge in [0.25, 0.3) is 5.56 Å². The van der Waals surface area contributed by atoms with Gasteiger partial charge in [0.05, 0.1) is 0 Å². The summed E-state index contributed by atoms with van der Waals surface area (Å²) in [5, 5.41) is 8.54. The molecular formula is C20H29N7O2. The van der Waals surface area contributed by atoms with Gasteiger partial charge in [0.15, 0.2) is 5.82 Å². The largest absolute Gasteiger partial charge is 0.341 e. The van der Waals surface area contributed by atoms with Crippen LogP contribution in [0.25, 0.3) is 5.82 Å². The average Bonchev–Trinajstić information content (AvgIpc) is 3.22. The summed E-state index contributed by atoms with van der Waals surface area (Å²) >= 11 is 0. The van der Waals surface area contributed by atoms with Crippen LogP contribution in [0, 0.1) is 5.92 Å². The summed E-state index contributed by atoms with van der Waals surface area (Å²) in [7, 11) is 1.95. The number of nitrogens with zero attached hydrogens (tertiary/aromatic N) is 7. The maximum absolute atomic E-state index is 12.2. The van der Waals surface area contributed by atoms with Gasteiger partial charge in [-0.25, -0.2) is 14.3 Å². The molecule has 2 aromatic heterocycles. The first-order valence-corrected chi connectivity index (χ1v) is 10.5. The number of hydrogen-bond donors (Lipinski definition) is 0. The van der Waals surface area contributed by atoms with Gasteiger partial charge in [0.1, 0.15) is 12.7 Å². The number of carbonyl (C=O) groups is 1. The van der Waals surface area contributed by atoms with Crippen LogP contribution in [0.15, 0.2) is 29.6 Å². The molecule has 9 heteroatoms. The number of likely N-dealkylation sites (tertiary alicyclic amines) is 2. The molecule has 0 aromatic carbocycles. The highest BCUT2D eigenvalue weighted by Crippen LogP contribution is 2.22. The molecule has 2 aliphatic rings. The van der Waals surface area contributed by atoms with Gasteiger partial charge in [-0.15, -0.1) is 5.10 Å². The summed E-state index contributed by atoms with van der Waals surface area (Å²) in [5.41, 5.74) is -0.0881. The van der Waals surface area contributed by atoms with Crippen LogP contribution in [0.3, 0.4) is 0 Å². The van der Waals surface area contributed by atoms with Crippen LogP contribution in [-0.2, 0) is 11.3 Å². The summed E-state index contributed by atoms with van der Waals surface area (Å²) < 4.78 is 3.11. The molecule has 1 unspecified atom stereocenters. The first-order chi connectivity index (χ1) is 14.1. The van der Waals surface area contributed by atoms with Gasteiger partial charge in [0, 0.05) is 38.7 Å². The Kier molecular flexibility index (Phi) is 6.03. The highest BCUT2D eigenvalue weighted by molar-refractivity contribution is 5.76. The molecule has 1 atom stereocenters. The Morgan fingerprint density at radius 1 is 1.07 bits per heavy atom. The van der Waals surface area contributed by atoms with Crippen molar-refractivity contribution in [1.82, 2.24) is 34.3 Å². The Bertz CT molecular complexity index is 871. The van der Waals surface area contributed by atoms with Crippen molar-refractivity contribution < 1.29 is 4.79 Å². The van der Waals surface area contributed by atoms with E-state index >= 15 is 0 Å². The number of piperidine rings is 1. The molecule has 4 heterocycles. The number of likely N-dealkylation sites (N-methyl/N-ethyl adjacent to an activating group) is 1. The van der Waals surface area contributed by atoms with Crippen molar-refractivity contribution in [3.8, 4) is 5.82 Å². The topological polar surface area (TPSA) is 89.2 Å². The summed E-state index contributed by atoms with van der Waals surface area (Å²) in [5.74, 6) is 1.30. The van der Waals surface area contributed by atoms with E-state index in [1.165, 1.54) is 12.4 Å². The van der Waals surface area contributed by atoms with E-state index in [1.54, 1.807) is 21.8 Å². The molecule has 0 spiro atoms. The van der Waals surface area contributed by atoms with Gasteiger partial charge < -0.3 is 9.80 Å². The first-order valence-electron chi connectivity index (χ1n) is 10.5. The van der Waals surface area contributed by atoms with Gasteiger partial charge in [0.2, 0.25) is 5.91 Å². The number of carbonyl (C=O) groups excluding carboxylic acids is 1. The summed E-state index contributed by atoms with van der Waals surface area (Å²) in [4.78, 5) is 32.7. The lowest BCUT2D eigenvalue weighted by Gasteiger charge is -2.36. The van der Waals surface area contributed by atoms with Crippen LogP contribution in [0.2, 0.25) is 0 Å². The van der Waals surface area contributed by atoms with E-state index in [0.717, 1.165) is 51.7 Å².